The molecule has 1 saturated heterocycles. The highest BCUT2D eigenvalue weighted by atomic mass is 16.6. The Morgan fingerprint density at radius 2 is 2.07 bits per heavy atom. The fourth-order valence-electron chi connectivity index (χ4n) is 3.12. The number of carbonyl (C=O) groups excluding carboxylic acids is 1. The van der Waals surface area contributed by atoms with E-state index in [1.165, 1.54) is 19.2 Å². The smallest absolute Gasteiger partial charge is 0.321 e. The lowest BCUT2D eigenvalue weighted by Crippen LogP contribution is -2.35. The number of urea groups is 1. The Kier molecular flexibility index (Phi) is 5.87. The molecule has 0 aromatic heterocycles. The van der Waals surface area contributed by atoms with Crippen molar-refractivity contribution in [3.63, 3.8) is 0 Å². The fraction of sp³-hybridized carbons (Fsp3) is 0.316. The summed E-state index contributed by atoms with van der Waals surface area (Å²) in [5, 5.41) is 17.2. The number of hydrogen-bond acceptors (Lipinski definition) is 5. The summed E-state index contributed by atoms with van der Waals surface area (Å²) in [7, 11) is 1.50. The topological polar surface area (TPSA) is 96.7 Å². The number of para-hydroxylation sites is 1. The Bertz CT molecular complexity index is 813. The lowest BCUT2D eigenvalue weighted by atomic mass is 10.1. The van der Waals surface area contributed by atoms with Gasteiger partial charge in [0.1, 0.15) is 0 Å². The molecule has 0 unspecified atom stereocenters. The number of non-ortho nitro benzene ring substituents is 1. The normalized spacial score (nSPS) is 16.2. The van der Waals surface area contributed by atoms with E-state index in [1.807, 2.05) is 30.3 Å². The monoisotopic (exact) mass is 370 g/mol. The molecule has 2 N–H and O–H groups in total. The number of amides is 2. The first-order chi connectivity index (χ1) is 13.1. The third kappa shape index (κ3) is 4.73. The van der Waals surface area contributed by atoms with Crippen LogP contribution in [0.4, 0.5) is 21.9 Å². The molecule has 1 aliphatic rings. The van der Waals surface area contributed by atoms with E-state index < -0.39 is 4.92 Å². The van der Waals surface area contributed by atoms with Gasteiger partial charge in [-0.2, -0.15) is 0 Å². The van der Waals surface area contributed by atoms with Crippen LogP contribution < -0.4 is 10.6 Å². The third-order valence-corrected chi connectivity index (χ3v) is 4.46. The zero-order valence-corrected chi connectivity index (χ0v) is 15.1. The quantitative estimate of drug-likeness (QED) is 0.600. The first-order valence-electron chi connectivity index (χ1n) is 8.70. The van der Waals surface area contributed by atoms with Crippen LogP contribution in [0.1, 0.15) is 12.0 Å². The lowest BCUT2D eigenvalue weighted by Gasteiger charge is -2.19. The summed E-state index contributed by atoms with van der Waals surface area (Å²) < 4.78 is 5.10. The van der Waals surface area contributed by atoms with Gasteiger partial charge < -0.3 is 20.3 Å². The van der Waals surface area contributed by atoms with Crippen LogP contribution >= 0.6 is 0 Å². The molecule has 1 atom stereocenters. The maximum atomic E-state index is 12.6. The molecule has 8 heteroatoms. The molecular weight excluding hydrogens is 348 g/mol. The molecule has 1 aliphatic heterocycles. The summed E-state index contributed by atoms with van der Waals surface area (Å²) >= 11 is 0. The first-order valence-corrected chi connectivity index (χ1v) is 8.70. The van der Waals surface area contributed by atoms with Crippen molar-refractivity contribution in [2.45, 2.75) is 19.1 Å². The van der Waals surface area contributed by atoms with Crippen molar-refractivity contribution in [2.75, 3.05) is 30.8 Å². The number of anilines is 2. The van der Waals surface area contributed by atoms with Crippen LogP contribution in [-0.4, -0.2) is 42.1 Å². The van der Waals surface area contributed by atoms with E-state index in [9.17, 15) is 14.9 Å². The highest BCUT2D eigenvalue weighted by Crippen LogP contribution is 2.24. The highest BCUT2D eigenvalue weighted by Gasteiger charge is 2.26. The van der Waals surface area contributed by atoms with E-state index in [-0.39, 0.29) is 24.4 Å². The Balaban J connectivity index is 1.63. The van der Waals surface area contributed by atoms with Gasteiger partial charge in [-0.3, -0.25) is 10.1 Å². The number of nitrogens with zero attached hydrogens (tertiary/aromatic N) is 2. The number of ether oxygens (including phenoxy) is 1. The molecule has 2 amide bonds. The molecule has 3 rings (SSSR count). The number of carbonyl (C=O) groups is 1. The Hall–Kier alpha value is -3.13. The van der Waals surface area contributed by atoms with Gasteiger partial charge in [-0.1, -0.05) is 18.2 Å². The molecule has 0 aliphatic carbocycles. The summed E-state index contributed by atoms with van der Waals surface area (Å²) in [5.74, 6) is 0. The minimum absolute atomic E-state index is 0.0339. The number of nitrogens with one attached hydrogen (secondary N) is 2. The van der Waals surface area contributed by atoms with Crippen LogP contribution in [-0.2, 0) is 11.3 Å². The summed E-state index contributed by atoms with van der Waals surface area (Å²) in [5.41, 5.74) is 2.08. The van der Waals surface area contributed by atoms with E-state index in [0.29, 0.717) is 24.3 Å². The standard InChI is InChI=1S/C19H22N4O4/c1-27-13-14-11-17(23(25)26)7-8-18(14)21-19(24)22-10-9-16(12-22)20-15-5-3-2-4-6-15/h2-8,11,16,20H,9-10,12-13H2,1H3,(H,21,24)/t16-/m0/s1. The summed E-state index contributed by atoms with van der Waals surface area (Å²) in [6.07, 6.45) is 0.855. The van der Waals surface area contributed by atoms with Crippen LogP contribution in [0, 0.1) is 10.1 Å². The zero-order valence-electron chi connectivity index (χ0n) is 15.1. The maximum absolute atomic E-state index is 12.6. The Morgan fingerprint density at radius 1 is 1.30 bits per heavy atom. The fourth-order valence-corrected chi connectivity index (χ4v) is 3.12. The van der Waals surface area contributed by atoms with Crippen LogP contribution in [0.3, 0.4) is 0 Å². The van der Waals surface area contributed by atoms with E-state index in [2.05, 4.69) is 10.6 Å². The van der Waals surface area contributed by atoms with Crippen molar-refractivity contribution < 1.29 is 14.5 Å². The SMILES string of the molecule is COCc1cc([N+](=O)[O-])ccc1NC(=O)N1CC[C@H](Nc2ccccc2)C1. The van der Waals surface area contributed by atoms with Crippen LogP contribution in [0.15, 0.2) is 48.5 Å². The predicted molar refractivity (Wildman–Crippen MR) is 103 cm³/mol. The minimum atomic E-state index is -0.467. The summed E-state index contributed by atoms with van der Waals surface area (Å²) in [6, 6.07) is 14.2. The van der Waals surface area contributed by atoms with Crippen molar-refractivity contribution in [3.8, 4) is 0 Å². The van der Waals surface area contributed by atoms with E-state index in [0.717, 1.165) is 12.1 Å². The summed E-state index contributed by atoms with van der Waals surface area (Å²) in [6.45, 7) is 1.41. The second-order valence-electron chi connectivity index (χ2n) is 6.40. The molecule has 1 fully saturated rings. The van der Waals surface area contributed by atoms with Crippen molar-refractivity contribution in [1.29, 1.82) is 0 Å². The number of hydrogen-bond donors (Lipinski definition) is 2. The molecule has 8 nitrogen and oxygen atoms in total. The number of likely N-dealkylation sites (tertiary alicyclic amines) is 1. The third-order valence-electron chi connectivity index (χ3n) is 4.46. The molecule has 27 heavy (non-hydrogen) atoms. The minimum Gasteiger partial charge on any atom is -0.380 e. The van der Waals surface area contributed by atoms with Gasteiger partial charge in [0.2, 0.25) is 0 Å². The average molecular weight is 370 g/mol. The average Bonchev–Trinajstić information content (AvgIpc) is 3.12. The molecule has 0 saturated carbocycles. The maximum Gasteiger partial charge on any atom is 0.321 e. The van der Waals surface area contributed by atoms with E-state index >= 15 is 0 Å². The highest BCUT2D eigenvalue weighted by molar-refractivity contribution is 5.90. The second kappa shape index (κ2) is 8.50. The lowest BCUT2D eigenvalue weighted by molar-refractivity contribution is -0.384. The zero-order chi connectivity index (χ0) is 19.2. The number of nitro groups is 1. The van der Waals surface area contributed by atoms with Gasteiger partial charge in [0.05, 0.1) is 11.5 Å². The van der Waals surface area contributed by atoms with Gasteiger partial charge in [0.25, 0.3) is 5.69 Å². The van der Waals surface area contributed by atoms with E-state index in [1.54, 1.807) is 11.0 Å². The van der Waals surface area contributed by atoms with E-state index in [4.69, 9.17) is 4.74 Å². The number of methoxy groups -OCH3 is 1. The van der Waals surface area contributed by atoms with Crippen LogP contribution in [0.2, 0.25) is 0 Å². The van der Waals surface area contributed by atoms with Crippen molar-refractivity contribution in [1.82, 2.24) is 4.90 Å². The number of benzene rings is 2. The van der Waals surface area contributed by atoms with Gasteiger partial charge in [0, 0.05) is 55.3 Å². The number of nitro benzene ring substituents is 1. The summed E-state index contributed by atoms with van der Waals surface area (Å²) in [4.78, 5) is 24.8. The molecule has 2 aromatic carbocycles. The van der Waals surface area contributed by atoms with Gasteiger partial charge in [-0.15, -0.1) is 0 Å². The Morgan fingerprint density at radius 3 is 2.78 bits per heavy atom. The Labute approximate surface area is 157 Å². The molecule has 2 aromatic rings. The van der Waals surface area contributed by atoms with Gasteiger partial charge >= 0.3 is 6.03 Å². The van der Waals surface area contributed by atoms with Crippen molar-refractivity contribution >= 4 is 23.1 Å². The van der Waals surface area contributed by atoms with Gasteiger partial charge in [-0.05, 0) is 24.6 Å². The largest absolute Gasteiger partial charge is 0.380 e. The predicted octanol–water partition coefficient (Wildman–Crippen LogP) is 3.46. The second-order valence-corrected chi connectivity index (χ2v) is 6.40. The van der Waals surface area contributed by atoms with Gasteiger partial charge in [-0.25, -0.2) is 4.79 Å². The molecular formula is C19H22N4O4. The number of rotatable bonds is 6. The van der Waals surface area contributed by atoms with Gasteiger partial charge in [0.15, 0.2) is 0 Å². The van der Waals surface area contributed by atoms with Crippen LogP contribution in [0.5, 0.6) is 0 Å². The molecule has 0 radical (unpaired) electrons. The molecule has 1 heterocycles. The van der Waals surface area contributed by atoms with Crippen molar-refractivity contribution in [3.05, 3.63) is 64.2 Å². The molecule has 0 bridgehead atoms. The molecule has 142 valence electrons. The first kappa shape index (κ1) is 18.7. The molecule has 0 spiro atoms. The van der Waals surface area contributed by atoms with Crippen LogP contribution in [0.25, 0.3) is 0 Å². The van der Waals surface area contributed by atoms with Crippen molar-refractivity contribution in [2.24, 2.45) is 0 Å².